The molecule has 138 valence electrons. The molecule has 28 heavy (non-hydrogen) atoms. The van der Waals surface area contributed by atoms with Crippen LogP contribution in [0.25, 0.3) is 28.7 Å². The maximum absolute atomic E-state index is 4.88. The molecule has 4 aromatic rings. The summed E-state index contributed by atoms with van der Waals surface area (Å²) in [5.74, 6) is 0.639. The van der Waals surface area contributed by atoms with Crippen molar-refractivity contribution >= 4 is 49.3 Å². The van der Waals surface area contributed by atoms with Gasteiger partial charge in [-0.3, -0.25) is 0 Å². The molecular weight excluding hydrogens is 480 g/mol. The van der Waals surface area contributed by atoms with E-state index < -0.39 is 0 Å². The number of rotatable bonds is 2. The third-order valence-electron chi connectivity index (χ3n) is 5.03. The molecule has 0 aliphatic heterocycles. The first-order valence-corrected chi connectivity index (χ1v) is 10.7. The van der Waals surface area contributed by atoms with Gasteiger partial charge in [-0.2, -0.15) is 14.6 Å². The number of nitrogens with zero attached hydrogens (tertiary/aromatic N) is 4. The van der Waals surface area contributed by atoms with Crippen LogP contribution in [0.5, 0.6) is 0 Å². The lowest BCUT2D eigenvalue weighted by molar-refractivity contribution is 0.792. The molecule has 0 unspecified atom stereocenters. The molecule has 0 N–H and O–H groups in total. The predicted octanol–water partition coefficient (Wildman–Crippen LogP) is 6.19. The fourth-order valence-electron chi connectivity index (χ4n) is 3.76. The van der Waals surface area contributed by atoms with Crippen LogP contribution in [0.4, 0.5) is 0 Å². The summed E-state index contributed by atoms with van der Waals surface area (Å²) in [6.45, 7) is 0. The lowest BCUT2D eigenvalue weighted by Crippen LogP contribution is -2.11. The van der Waals surface area contributed by atoms with Crippen molar-refractivity contribution in [1.82, 2.24) is 19.6 Å². The van der Waals surface area contributed by atoms with E-state index in [4.69, 9.17) is 4.98 Å². The van der Waals surface area contributed by atoms with E-state index in [9.17, 15) is 0 Å². The molecule has 0 fully saturated rings. The van der Waals surface area contributed by atoms with Gasteiger partial charge in [-0.05, 0) is 60.7 Å². The Kier molecular flexibility index (Phi) is 4.61. The summed E-state index contributed by atoms with van der Waals surface area (Å²) in [6.07, 6.45) is 6.92. The number of benzene rings is 2. The molecule has 0 saturated carbocycles. The van der Waals surface area contributed by atoms with Crippen molar-refractivity contribution in [3.63, 3.8) is 0 Å². The minimum absolute atomic E-state index is 0.639. The fourth-order valence-corrected chi connectivity index (χ4v) is 4.29. The zero-order valence-corrected chi connectivity index (χ0v) is 18.1. The van der Waals surface area contributed by atoms with Gasteiger partial charge in [-0.15, -0.1) is 0 Å². The molecule has 1 aliphatic carbocycles. The third-order valence-corrected chi connectivity index (χ3v) is 6.09. The Morgan fingerprint density at radius 2 is 1.61 bits per heavy atom. The number of hydrogen-bond donors (Lipinski definition) is 0. The average molecular weight is 496 g/mol. The second-order valence-electron chi connectivity index (χ2n) is 6.84. The molecule has 0 radical (unpaired) electrons. The number of halogens is 2. The predicted molar refractivity (Wildman–Crippen MR) is 119 cm³/mol. The Morgan fingerprint density at radius 1 is 0.893 bits per heavy atom. The number of aromatic nitrogens is 4. The second kappa shape index (κ2) is 7.26. The third kappa shape index (κ3) is 3.20. The standard InChI is InChI=1S/C22H16Br2N4/c23-17-8-4-14(5-9-17)12-16-2-1-3-19-20(16)27-22-25-13-26-28(22)21(19)15-6-10-18(24)11-7-15/h4-13H,1-3H2/b16-12+. The molecule has 6 heteroatoms. The first-order chi connectivity index (χ1) is 13.7. The van der Waals surface area contributed by atoms with Crippen LogP contribution in [0.2, 0.25) is 0 Å². The van der Waals surface area contributed by atoms with Gasteiger partial charge in [0, 0.05) is 20.1 Å². The second-order valence-corrected chi connectivity index (χ2v) is 8.67. The molecule has 0 bridgehead atoms. The van der Waals surface area contributed by atoms with Gasteiger partial charge in [0.25, 0.3) is 5.78 Å². The largest absolute Gasteiger partial charge is 0.253 e. The fraction of sp³-hybridized carbons (Fsp3) is 0.136. The van der Waals surface area contributed by atoms with E-state index in [-0.39, 0.29) is 0 Å². The van der Waals surface area contributed by atoms with Crippen molar-refractivity contribution in [3.8, 4) is 11.3 Å². The molecule has 0 spiro atoms. The molecule has 0 saturated heterocycles. The van der Waals surface area contributed by atoms with Gasteiger partial charge < -0.3 is 0 Å². The average Bonchev–Trinajstić information content (AvgIpc) is 3.17. The summed E-state index contributed by atoms with van der Waals surface area (Å²) in [7, 11) is 0. The minimum atomic E-state index is 0.639. The van der Waals surface area contributed by atoms with Gasteiger partial charge in [0.15, 0.2) is 0 Å². The molecule has 4 nitrogen and oxygen atoms in total. The quantitative estimate of drug-likeness (QED) is 0.333. The molecule has 1 aliphatic rings. The molecule has 2 aromatic heterocycles. The van der Waals surface area contributed by atoms with E-state index in [0.717, 1.165) is 45.2 Å². The van der Waals surface area contributed by atoms with Crippen molar-refractivity contribution in [3.05, 3.63) is 80.6 Å². The molecule has 2 heterocycles. The van der Waals surface area contributed by atoms with Crippen molar-refractivity contribution in [2.24, 2.45) is 0 Å². The molecule has 5 rings (SSSR count). The Bertz CT molecular complexity index is 1190. The van der Waals surface area contributed by atoms with Gasteiger partial charge in [0.2, 0.25) is 0 Å². The number of fused-ring (bicyclic) bond motifs is 2. The maximum atomic E-state index is 4.88. The molecule has 0 amide bonds. The smallest absolute Gasteiger partial charge is 0.211 e. The Hall–Kier alpha value is -2.31. The highest BCUT2D eigenvalue weighted by molar-refractivity contribution is 9.10. The van der Waals surface area contributed by atoms with Crippen LogP contribution >= 0.6 is 31.9 Å². The zero-order chi connectivity index (χ0) is 19.1. The summed E-state index contributed by atoms with van der Waals surface area (Å²) < 4.78 is 4.01. The SMILES string of the molecule is Brc1ccc(/C=C2\CCCc3c2nc2ncnn2c3-c2ccc(Br)cc2)cc1. The van der Waals surface area contributed by atoms with E-state index in [0.29, 0.717) is 5.78 Å². The summed E-state index contributed by atoms with van der Waals surface area (Å²) >= 11 is 7.03. The molecule has 0 atom stereocenters. The summed E-state index contributed by atoms with van der Waals surface area (Å²) in [5, 5.41) is 4.45. The highest BCUT2D eigenvalue weighted by Crippen LogP contribution is 2.37. The summed E-state index contributed by atoms with van der Waals surface area (Å²) in [5.41, 5.74) is 6.95. The van der Waals surface area contributed by atoms with Gasteiger partial charge in [-0.25, -0.2) is 4.98 Å². The van der Waals surface area contributed by atoms with Gasteiger partial charge in [-0.1, -0.05) is 56.1 Å². The topological polar surface area (TPSA) is 43.1 Å². The first-order valence-electron chi connectivity index (χ1n) is 9.14. The van der Waals surface area contributed by atoms with Crippen LogP contribution in [0.3, 0.4) is 0 Å². The van der Waals surface area contributed by atoms with E-state index in [1.54, 1.807) is 6.33 Å². The lowest BCUT2D eigenvalue weighted by atomic mass is 9.87. The normalized spacial score (nSPS) is 15.1. The van der Waals surface area contributed by atoms with Crippen LogP contribution in [0.15, 0.2) is 63.8 Å². The van der Waals surface area contributed by atoms with Crippen LogP contribution in [0.1, 0.15) is 29.7 Å². The van der Waals surface area contributed by atoms with E-state index >= 15 is 0 Å². The Balaban J connectivity index is 1.73. The summed E-state index contributed by atoms with van der Waals surface area (Å²) in [4.78, 5) is 9.26. The van der Waals surface area contributed by atoms with E-state index in [1.807, 2.05) is 4.52 Å². The van der Waals surface area contributed by atoms with Crippen molar-refractivity contribution < 1.29 is 0 Å². The van der Waals surface area contributed by atoms with Crippen molar-refractivity contribution in [2.75, 3.05) is 0 Å². The van der Waals surface area contributed by atoms with Gasteiger partial charge in [0.1, 0.15) is 6.33 Å². The minimum Gasteiger partial charge on any atom is -0.211 e. The number of allylic oxidation sites excluding steroid dienone is 1. The Morgan fingerprint density at radius 3 is 2.36 bits per heavy atom. The van der Waals surface area contributed by atoms with Gasteiger partial charge >= 0.3 is 0 Å². The highest BCUT2D eigenvalue weighted by atomic mass is 79.9. The van der Waals surface area contributed by atoms with Gasteiger partial charge in [0.05, 0.1) is 11.4 Å². The van der Waals surface area contributed by atoms with E-state index in [2.05, 4.69) is 96.5 Å². The highest BCUT2D eigenvalue weighted by Gasteiger charge is 2.23. The number of hydrogen-bond acceptors (Lipinski definition) is 3. The van der Waals surface area contributed by atoms with E-state index in [1.165, 1.54) is 16.7 Å². The van der Waals surface area contributed by atoms with Crippen LogP contribution in [0, 0.1) is 0 Å². The monoisotopic (exact) mass is 494 g/mol. The van der Waals surface area contributed by atoms with Crippen molar-refractivity contribution in [2.45, 2.75) is 19.3 Å². The van der Waals surface area contributed by atoms with Crippen LogP contribution < -0.4 is 0 Å². The Labute approximate surface area is 179 Å². The first kappa shape index (κ1) is 17.8. The zero-order valence-electron chi connectivity index (χ0n) is 14.9. The molecule has 2 aromatic carbocycles. The maximum Gasteiger partial charge on any atom is 0.253 e. The van der Waals surface area contributed by atoms with Crippen molar-refractivity contribution in [1.29, 1.82) is 0 Å². The van der Waals surface area contributed by atoms with Crippen LogP contribution in [-0.4, -0.2) is 19.6 Å². The molecular formula is C22H16Br2N4. The lowest BCUT2D eigenvalue weighted by Gasteiger charge is -2.22. The summed E-state index contributed by atoms with van der Waals surface area (Å²) in [6, 6.07) is 16.7. The van der Waals surface area contributed by atoms with Crippen LogP contribution in [-0.2, 0) is 6.42 Å².